The Bertz CT molecular complexity index is 617. The summed E-state index contributed by atoms with van der Waals surface area (Å²) in [6, 6.07) is 3.80. The van der Waals surface area contributed by atoms with Crippen LogP contribution in [0.5, 0.6) is 5.75 Å². The van der Waals surface area contributed by atoms with E-state index in [2.05, 4.69) is 0 Å². The molecule has 1 heterocycles. The van der Waals surface area contributed by atoms with Gasteiger partial charge in [-0.2, -0.15) is 0 Å². The van der Waals surface area contributed by atoms with E-state index in [1.54, 1.807) is 7.11 Å². The number of benzene rings is 1. The molecule has 0 unspecified atom stereocenters. The maximum absolute atomic E-state index is 12.8. The number of amides is 2. The van der Waals surface area contributed by atoms with Crippen LogP contribution in [-0.4, -0.2) is 54.9 Å². The normalized spacial score (nSPS) is 14.9. The average Bonchev–Trinajstić information content (AvgIpc) is 2.55. The number of aryl methyl sites for hydroxylation is 2. The fraction of sp³-hybridized carbons (Fsp3) is 0.579. The van der Waals surface area contributed by atoms with Crippen molar-refractivity contribution in [1.29, 1.82) is 0 Å². The van der Waals surface area contributed by atoms with Crippen molar-refractivity contribution in [2.24, 2.45) is 5.92 Å². The van der Waals surface area contributed by atoms with Crippen molar-refractivity contribution in [1.82, 2.24) is 9.80 Å². The number of hydrogen-bond donors (Lipinski definition) is 0. The van der Waals surface area contributed by atoms with Crippen LogP contribution in [0.2, 0.25) is 0 Å². The molecule has 0 atom stereocenters. The third-order valence-electron chi connectivity index (χ3n) is 4.47. The van der Waals surface area contributed by atoms with E-state index in [4.69, 9.17) is 4.74 Å². The van der Waals surface area contributed by atoms with E-state index in [1.165, 1.54) is 0 Å². The van der Waals surface area contributed by atoms with Gasteiger partial charge in [-0.1, -0.05) is 13.8 Å². The minimum Gasteiger partial charge on any atom is -0.496 e. The van der Waals surface area contributed by atoms with Crippen LogP contribution >= 0.6 is 0 Å². The Kier molecular flexibility index (Phi) is 5.86. The molecule has 1 aliphatic heterocycles. The van der Waals surface area contributed by atoms with Gasteiger partial charge in [0.05, 0.1) is 7.11 Å². The van der Waals surface area contributed by atoms with E-state index in [1.807, 2.05) is 49.6 Å². The number of methoxy groups -OCH3 is 1. The van der Waals surface area contributed by atoms with Crippen LogP contribution in [-0.2, 0) is 4.79 Å². The molecule has 5 heteroatoms. The second-order valence-electron chi connectivity index (χ2n) is 6.91. The van der Waals surface area contributed by atoms with Gasteiger partial charge in [-0.25, -0.2) is 0 Å². The molecule has 0 spiro atoms. The second kappa shape index (κ2) is 7.69. The molecule has 0 saturated carbocycles. The minimum atomic E-state index is 0.0363. The molecule has 0 N–H and O–H groups in total. The van der Waals surface area contributed by atoms with Crippen LogP contribution in [0.15, 0.2) is 12.1 Å². The lowest BCUT2D eigenvalue weighted by atomic mass is 10.0. The van der Waals surface area contributed by atoms with Gasteiger partial charge >= 0.3 is 0 Å². The van der Waals surface area contributed by atoms with E-state index in [9.17, 15) is 9.59 Å². The molecule has 1 saturated heterocycles. The van der Waals surface area contributed by atoms with Crippen molar-refractivity contribution in [3.63, 3.8) is 0 Å². The van der Waals surface area contributed by atoms with Gasteiger partial charge in [0, 0.05) is 38.2 Å². The first-order valence-electron chi connectivity index (χ1n) is 8.55. The SMILES string of the molecule is COc1cc(C)c(C(=O)N2CCN(C(=O)CC(C)C)CC2)cc1C. The highest BCUT2D eigenvalue weighted by Crippen LogP contribution is 2.24. The molecule has 1 fully saturated rings. The zero-order valence-electron chi connectivity index (χ0n) is 15.4. The summed E-state index contributed by atoms with van der Waals surface area (Å²) in [7, 11) is 1.64. The van der Waals surface area contributed by atoms with E-state index >= 15 is 0 Å². The number of carbonyl (C=O) groups excluding carboxylic acids is 2. The largest absolute Gasteiger partial charge is 0.496 e. The van der Waals surface area contributed by atoms with Gasteiger partial charge in [-0.05, 0) is 43.0 Å². The Balaban J connectivity index is 2.03. The molecule has 2 rings (SSSR count). The molecule has 0 radical (unpaired) electrons. The van der Waals surface area contributed by atoms with Gasteiger partial charge < -0.3 is 14.5 Å². The Hall–Kier alpha value is -2.04. The summed E-state index contributed by atoms with van der Waals surface area (Å²) < 4.78 is 5.31. The lowest BCUT2D eigenvalue weighted by Crippen LogP contribution is -2.50. The molecule has 5 nitrogen and oxygen atoms in total. The van der Waals surface area contributed by atoms with Gasteiger partial charge in [-0.3, -0.25) is 9.59 Å². The Labute approximate surface area is 144 Å². The van der Waals surface area contributed by atoms with Crippen molar-refractivity contribution in [2.45, 2.75) is 34.1 Å². The molecular formula is C19H28N2O3. The number of piperazine rings is 1. The molecule has 0 aromatic heterocycles. The summed E-state index contributed by atoms with van der Waals surface area (Å²) >= 11 is 0. The molecule has 0 bridgehead atoms. The third kappa shape index (κ3) is 4.08. The number of hydrogen-bond acceptors (Lipinski definition) is 3. The van der Waals surface area contributed by atoms with Gasteiger partial charge in [0.2, 0.25) is 5.91 Å². The molecule has 0 aliphatic carbocycles. The molecule has 1 aromatic rings. The van der Waals surface area contributed by atoms with Crippen molar-refractivity contribution in [3.05, 3.63) is 28.8 Å². The van der Waals surface area contributed by atoms with E-state index in [0.717, 1.165) is 22.4 Å². The van der Waals surface area contributed by atoms with Crippen molar-refractivity contribution >= 4 is 11.8 Å². The first-order valence-corrected chi connectivity index (χ1v) is 8.55. The Morgan fingerprint density at radius 3 is 2.17 bits per heavy atom. The summed E-state index contributed by atoms with van der Waals surface area (Å²) in [6.07, 6.45) is 0.574. The van der Waals surface area contributed by atoms with E-state index in [-0.39, 0.29) is 11.8 Å². The fourth-order valence-corrected chi connectivity index (χ4v) is 3.05. The predicted molar refractivity (Wildman–Crippen MR) is 94.4 cm³/mol. The van der Waals surface area contributed by atoms with Crippen LogP contribution in [0.25, 0.3) is 0 Å². The maximum atomic E-state index is 12.8. The van der Waals surface area contributed by atoms with Crippen LogP contribution < -0.4 is 4.74 Å². The van der Waals surface area contributed by atoms with Crippen LogP contribution in [0.4, 0.5) is 0 Å². The summed E-state index contributed by atoms with van der Waals surface area (Å²) in [4.78, 5) is 28.7. The highest BCUT2D eigenvalue weighted by Gasteiger charge is 2.26. The van der Waals surface area contributed by atoms with Crippen molar-refractivity contribution in [2.75, 3.05) is 33.3 Å². The Morgan fingerprint density at radius 1 is 1.04 bits per heavy atom. The van der Waals surface area contributed by atoms with Crippen molar-refractivity contribution in [3.8, 4) is 5.75 Å². The second-order valence-corrected chi connectivity index (χ2v) is 6.91. The van der Waals surface area contributed by atoms with Gasteiger partial charge in [0.1, 0.15) is 5.75 Å². The molecule has 1 aliphatic rings. The molecular weight excluding hydrogens is 304 g/mol. The molecule has 2 amide bonds. The molecule has 24 heavy (non-hydrogen) atoms. The van der Waals surface area contributed by atoms with E-state index < -0.39 is 0 Å². The summed E-state index contributed by atoms with van der Waals surface area (Å²) in [5.74, 6) is 1.39. The average molecular weight is 332 g/mol. The van der Waals surface area contributed by atoms with Gasteiger partial charge in [0.15, 0.2) is 0 Å². The number of nitrogens with zero attached hydrogens (tertiary/aromatic N) is 2. The number of ether oxygens (including phenoxy) is 1. The number of carbonyl (C=O) groups is 2. The topological polar surface area (TPSA) is 49.9 Å². The first kappa shape index (κ1) is 18.3. The number of rotatable bonds is 4. The van der Waals surface area contributed by atoms with Crippen molar-refractivity contribution < 1.29 is 14.3 Å². The first-order chi connectivity index (χ1) is 11.3. The monoisotopic (exact) mass is 332 g/mol. The Morgan fingerprint density at radius 2 is 1.62 bits per heavy atom. The van der Waals surface area contributed by atoms with Gasteiger partial charge in [0.25, 0.3) is 5.91 Å². The zero-order valence-corrected chi connectivity index (χ0v) is 15.4. The lowest BCUT2D eigenvalue weighted by molar-refractivity contribution is -0.133. The van der Waals surface area contributed by atoms with Crippen LogP contribution in [0.1, 0.15) is 41.8 Å². The summed E-state index contributed by atoms with van der Waals surface area (Å²) in [6.45, 7) is 10.4. The summed E-state index contributed by atoms with van der Waals surface area (Å²) in [5, 5.41) is 0. The van der Waals surface area contributed by atoms with E-state index in [0.29, 0.717) is 38.5 Å². The highest BCUT2D eigenvalue weighted by atomic mass is 16.5. The summed E-state index contributed by atoms with van der Waals surface area (Å²) in [5.41, 5.74) is 2.59. The minimum absolute atomic E-state index is 0.0363. The smallest absolute Gasteiger partial charge is 0.254 e. The fourth-order valence-electron chi connectivity index (χ4n) is 3.05. The third-order valence-corrected chi connectivity index (χ3v) is 4.47. The quantitative estimate of drug-likeness (QED) is 0.852. The van der Waals surface area contributed by atoms with Crippen LogP contribution in [0.3, 0.4) is 0 Å². The zero-order chi connectivity index (χ0) is 17.9. The van der Waals surface area contributed by atoms with Crippen LogP contribution in [0, 0.1) is 19.8 Å². The standard InChI is InChI=1S/C19H28N2O3/c1-13(2)10-18(22)20-6-8-21(9-7-20)19(23)16-11-15(4)17(24-5)12-14(16)3/h11-13H,6-10H2,1-5H3. The highest BCUT2D eigenvalue weighted by molar-refractivity contribution is 5.96. The lowest BCUT2D eigenvalue weighted by Gasteiger charge is -2.35. The van der Waals surface area contributed by atoms with Gasteiger partial charge in [-0.15, -0.1) is 0 Å². The maximum Gasteiger partial charge on any atom is 0.254 e. The molecule has 1 aromatic carbocycles. The molecule has 132 valence electrons. The predicted octanol–water partition coefficient (Wildman–Crippen LogP) is 2.64.